The van der Waals surface area contributed by atoms with Gasteiger partial charge in [-0.2, -0.15) is 34.6 Å². The molecule has 1 aliphatic rings. The maximum Gasteiger partial charge on any atom is 2.00 e. The number of aromatic nitrogens is 2. The van der Waals surface area contributed by atoms with Gasteiger partial charge in [0.25, 0.3) is 0 Å². The molecule has 1 aliphatic carbocycles. The second-order valence-electron chi connectivity index (χ2n) is 4.30. The average molecular weight is 340 g/mol. The fourth-order valence-electron chi connectivity index (χ4n) is 1.72. The Morgan fingerprint density at radius 3 is 2.48 bits per heavy atom. The topological polar surface area (TPSA) is 65.4 Å². The minimum absolute atomic E-state index is 0. The van der Waals surface area contributed by atoms with E-state index >= 15 is 0 Å². The van der Waals surface area contributed by atoms with E-state index in [1.807, 2.05) is 67.8 Å². The number of allylic oxidation sites excluding steroid dienone is 2. The molecule has 0 saturated heterocycles. The molecule has 0 saturated carbocycles. The third kappa shape index (κ3) is 4.87. The summed E-state index contributed by atoms with van der Waals surface area (Å²) in [4.78, 5) is 4.00. The predicted octanol–water partition coefficient (Wildman–Crippen LogP) is 2.45. The molecule has 0 bridgehead atoms. The van der Waals surface area contributed by atoms with E-state index in [9.17, 15) is 0 Å². The number of hydrogen-bond acceptors (Lipinski definition) is 3. The van der Waals surface area contributed by atoms with Gasteiger partial charge >= 0.3 is 17.1 Å². The first kappa shape index (κ1) is 18.3. The van der Waals surface area contributed by atoms with Crippen LogP contribution in [0.25, 0.3) is 0 Å². The first-order valence-electron chi connectivity index (χ1n) is 6.53. The van der Waals surface area contributed by atoms with E-state index in [1.165, 1.54) is 4.57 Å². The van der Waals surface area contributed by atoms with Crippen molar-refractivity contribution in [2.75, 3.05) is 0 Å². The number of hydrogen-bond donors (Lipinski definition) is 0. The molecule has 1 aromatic carbocycles. The quantitative estimate of drug-likeness (QED) is 0.420. The van der Waals surface area contributed by atoms with Crippen molar-refractivity contribution in [3.63, 3.8) is 0 Å². The van der Waals surface area contributed by atoms with Gasteiger partial charge in [-0.3, -0.25) is 0 Å². The van der Waals surface area contributed by atoms with Crippen molar-refractivity contribution in [2.24, 2.45) is 7.05 Å². The SMILES string of the molecule is Cn1c(C#Cc2ccc[cH-]2)nc(C#N)c1C#N.[CH]1[CH][CH-]C=C1.[Fe+2]. The summed E-state index contributed by atoms with van der Waals surface area (Å²) >= 11 is 0. The molecule has 0 fully saturated rings. The molecular weight excluding hydrogens is 328 g/mol. The molecule has 2 radical (unpaired) electrons. The van der Waals surface area contributed by atoms with Crippen LogP contribution in [0.5, 0.6) is 0 Å². The van der Waals surface area contributed by atoms with E-state index < -0.39 is 0 Å². The Balaban J connectivity index is 0.000000377. The van der Waals surface area contributed by atoms with E-state index in [2.05, 4.69) is 16.8 Å². The van der Waals surface area contributed by atoms with E-state index in [0.717, 1.165) is 5.56 Å². The molecule has 0 amide bonds. The van der Waals surface area contributed by atoms with Crippen molar-refractivity contribution in [1.82, 2.24) is 9.55 Å². The van der Waals surface area contributed by atoms with Gasteiger partial charge in [0.15, 0.2) is 17.2 Å². The summed E-state index contributed by atoms with van der Waals surface area (Å²) in [5.74, 6) is 6.18. The van der Waals surface area contributed by atoms with E-state index in [0.29, 0.717) is 5.82 Å². The third-order valence-corrected chi connectivity index (χ3v) is 2.84. The Kier molecular flexibility index (Phi) is 7.38. The minimum Gasteiger partial charge on any atom is -0.312 e. The Labute approximate surface area is 146 Å². The van der Waals surface area contributed by atoms with Gasteiger partial charge in [-0.05, 0) is 0 Å². The maximum atomic E-state index is 8.89. The number of nitriles is 2. The van der Waals surface area contributed by atoms with Crippen molar-refractivity contribution < 1.29 is 17.1 Å². The summed E-state index contributed by atoms with van der Waals surface area (Å²) in [7, 11) is 1.67. The normalized spacial score (nSPS) is 10.7. The van der Waals surface area contributed by atoms with Crippen molar-refractivity contribution in [3.05, 3.63) is 78.5 Å². The van der Waals surface area contributed by atoms with Crippen molar-refractivity contribution >= 4 is 0 Å². The number of rotatable bonds is 0. The molecule has 0 spiro atoms. The third-order valence-electron chi connectivity index (χ3n) is 2.84. The van der Waals surface area contributed by atoms with Gasteiger partial charge in [-0.15, -0.1) is 24.5 Å². The van der Waals surface area contributed by atoms with E-state index in [1.54, 1.807) is 7.05 Å². The molecule has 0 unspecified atom stereocenters. The molecule has 4 nitrogen and oxygen atoms in total. The number of imidazole rings is 1. The summed E-state index contributed by atoms with van der Waals surface area (Å²) in [6.45, 7) is 0. The summed E-state index contributed by atoms with van der Waals surface area (Å²) in [5.41, 5.74) is 1.23. The summed E-state index contributed by atoms with van der Waals surface area (Å²) in [5, 5.41) is 17.7. The van der Waals surface area contributed by atoms with Gasteiger partial charge in [0.05, 0.1) is 0 Å². The molecular formula is C18H12FeN4. The molecule has 3 rings (SSSR count). The van der Waals surface area contributed by atoms with Gasteiger partial charge in [0.1, 0.15) is 12.1 Å². The zero-order valence-electron chi connectivity index (χ0n) is 12.3. The monoisotopic (exact) mass is 340 g/mol. The maximum absolute atomic E-state index is 8.89. The molecule has 1 aromatic heterocycles. The number of nitrogens with zero attached hydrogens (tertiary/aromatic N) is 4. The molecule has 23 heavy (non-hydrogen) atoms. The van der Waals surface area contributed by atoms with Crippen LogP contribution in [0.1, 0.15) is 22.8 Å². The van der Waals surface area contributed by atoms with Crippen LogP contribution in [0.4, 0.5) is 0 Å². The van der Waals surface area contributed by atoms with Crippen LogP contribution in [0.2, 0.25) is 0 Å². The van der Waals surface area contributed by atoms with Crippen LogP contribution in [0.3, 0.4) is 0 Å². The van der Waals surface area contributed by atoms with Gasteiger partial charge in [0.2, 0.25) is 0 Å². The molecule has 5 heteroatoms. The van der Waals surface area contributed by atoms with Gasteiger partial charge in [0, 0.05) is 7.05 Å². The van der Waals surface area contributed by atoms with Crippen LogP contribution in [-0.2, 0) is 24.1 Å². The van der Waals surface area contributed by atoms with Crippen molar-refractivity contribution in [1.29, 1.82) is 10.5 Å². The van der Waals surface area contributed by atoms with Gasteiger partial charge < -0.3 is 4.57 Å². The Bertz CT molecular complexity index is 796. The molecule has 2 aromatic rings. The largest absolute Gasteiger partial charge is 2.00 e. The summed E-state index contributed by atoms with van der Waals surface area (Å²) in [6, 6.07) is 11.4. The molecule has 112 valence electrons. The van der Waals surface area contributed by atoms with Gasteiger partial charge in [-0.1, -0.05) is 5.92 Å². The first-order valence-corrected chi connectivity index (χ1v) is 6.53. The molecule has 0 aliphatic heterocycles. The predicted molar refractivity (Wildman–Crippen MR) is 82.7 cm³/mol. The first-order chi connectivity index (χ1) is 10.8. The van der Waals surface area contributed by atoms with Crippen LogP contribution < -0.4 is 0 Å². The Hall–Kier alpha value is -2.77. The van der Waals surface area contributed by atoms with Gasteiger partial charge in [-0.25, -0.2) is 23.6 Å². The zero-order chi connectivity index (χ0) is 15.8. The molecule has 1 heterocycles. The minimum atomic E-state index is 0. The van der Waals surface area contributed by atoms with Crippen molar-refractivity contribution in [3.8, 4) is 24.0 Å². The Morgan fingerprint density at radius 2 is 2.04 bits per heavy atom. The average Bonchev–Trinajstić information content (AvgIpc) is 3.29. The van der Waals surface area contributed by atoms with Crippen LogP contribution in [0, 0.1) is 53.8 Å². The molecule has 0 atom stereocenters. The van der Waals surface area contributed by atoms with E-state index in [4.69, 9.17) is 10.5 Å². The second-order valence-corrected chi connectivity index (χ2v) is 4.30. The zero-order valence-corrected chi connectivity index (χ0v) is 13.4. The fraction of sp³-hybridized carbons (Fsp3) is 0.0556. The smallest absolute Gasteiger partial charge is 0.312 e. The van der Waals surface area contributed by atoms with E-state index in [-0.39, 0.29) is 28.5 Å². The Morgan fingerprint density at radius 1 is 1.22 bits per heavy atom. The molecule has 0 N–H and O–H groups in total. The fourth-order valence-corrected chi connectivity index (χ4v) is 1.72. The summed E-state index contributed by atoms with van der Waals surface area (Å²) < 4.78 is 1.52. The van der Waals surface area contributed by atoms with Crippen molar-refractivity contribution in [2.45, 2.75) is 0 Å². The van der Waals surface area contributed by atoms with Crippen LogP contribution >= 0.6 is 0 Å². The summed E-state index contributed by atoms with van der Waals surface area (Å²) in [6.07, 6.45) is 10.0. The van der Waals surface area contributed by atoms with Crippen LogP contribution in [-0.4, -0.2) is 9.55 Å². The standard InChI is InChI=1S/C13H7N4.C5H5.Fe/c1-17-12(9-15)11(8-14)16-13(17)7-6-10-4-2-3-5-10;1-2-4-5-3-1;/h2-5H,1H3;1-5H;/q2*-1;+2. The second kappa shape index (κ2) is 9.29. The van der Waals surface area contributed by atoms with Crippen LogP contribution in [0.15, 0.2) is 36.4 Å².